The van der Waals surface area contributed by atoms with Crippen molar-refractivity contribution in [3.8, 4) is 0 Å². The topological polar surface area (TPSA) is 28.5 Å². The Morgan fingerprint density at radius 1 is 1.30 bits per heavy atom. The number of hydrogen-bond acceptors (Lipinski definition) is 3. The zero-order valence-electron chi connectivity index (χ0n) is 13.6. The Balaban J connectivity index is 2.20. The van der Waals surface area contributed by atoms with Crippen LogP contribution >= 0.6 is 0 Å². The van der Waals surface area contributed by atoms with E-state index in [0.717, 1.165) is 6.54 Å². The highest BCUT2D eigenvalue weighted by Crippen LogP contribution is 2.30. The lowest BCUT2D eigenvalue weighted by molar-refractivity contribution is 0.232. The van der Waals surface area contributed by atoms with Gasteiger partial charge in [0.05, 0.1) is 10.9 Å². The molecule has 0 spiro atoms. The zero-order valence-corrected chi connectivity index (χ0v) is 13.6. The van der Waals surface area contributed by atoms with Gasteiger partial charge in [-0.2, -0.15) is 0 Å². The summed E-state index contributed by atoms with van der Waals surface area (Å²) < 4.78 is 31.3. The van der Waals surface area contributed by atoms with E-state index in [4.69, 9.17) is 0 Å². The van der Waals surface area contributed by atoms with Crippen LogP contribution in [0.1, 0.15) is 13.8 Å². The molecule has 1 aromatic carbocycles. The van der Waals surface area contributed by atoms with Gasteiger partial charge in [-0.3, -0.25) is 4.79 Å². The average molecular weight is 321 g/mol. The molecule has 6 heteroatoms. The van der Waals surface area contributed by atoms with Crippen LogP contribution in [0.3, 0.4) is 0 Å². The van der Waals surface area contributed by atoms with Gasteiger partial charge in [0.15, 0.2) is 11.2 Å². The number of benzene rings is 1. The van der Waals surface area contributed by atoms with Crippen LogP contribution in [0.15, 0.2) is 23.1 Å². The Morgan fingerprint density at radius 2 is 2.04 bits per heavy atom. The van der Waals surface area contributed by atoms with Gasteiger partial charge in [0.25, 0.3) is 0 Å². The number of pyridine rings is 1. The number of aromatic nitrogens is 1. The first-order valence-electron chi connectivity index (χ1n) is 7.90. The minimum atomic E-state index is -0.669. The molecule has 1 aromatic heterocycles. The first-order chi connectivity index (χ1) is 10.9. The van der Waals surface area contributed by atoms with Crippen LogP contribution in [0.5, 0.6) is 0 Å². The van der Waals surface area contributed by atoms with Crippen molar-refractivity contribution in [3.63, 3.8) is 0 Å². The van der Waals surface area contributed by atoms with Crippen molar-refractivity contribution in [2.24, 2.45) is 0 Å². The van der Waals surface area contributed by atoms with Crippen LogP contribution in [0.2, 0.25) is 0 Å². The summed E-state index contributed by atoms with van der Waals surface area (Å²) in [5.41, 5.74) is -0.200. The fraction of sp³-hybridized carbons (Fsp3) is 0.471. The summed E-state index contributed by atoms with van der Waals surface area (Å²) in [6, 6.07) is 2.73. The van der Waals surface area contributed by atoms with Gasteiger partial charge in [0, 0.05) is 44.5 Å². The van der Waals surface area contributed by atoms with E-state index in [0.29, 0.717) is 19.6 Å². The van der Waals surface area contributed by atoms with E-state index >= 15 is 4.39 Å². The number of anilines is 1. The predicted molar refractivity (Wildman–Crippen MR) is 88.1 cm³/mol. The molecule has 0 bridgehead atoms. The summed E-state index contributed by atoms with van der Waals surface area (Å²) in [5, 5.41) is 0.0928. The Hall–Kier alpha value is -1.95. The molecule has 2 aromatic rings. The first kappa shape index (κ1) is 15.9. The third kappa shape index (κ3) is 2.61. The largest absolute Gasteiger partial charge is 0.364 e. The maximum absolute atomic E-state index is 15.1. The molecule has 0 radical (unpaired) electrons. The smallest absolute Gasteiger partial charge is 0.189 e. The van der Waals surface area contributed by atoms with Crippen molar-refractivity contribution in [2.75, 3.05) is 31.6 Å². The molecule has 2 heterocycles. The highest BCUT2D eigenvalue weighted by Gasteiger charge is 2.27. The summed E-state index contributed by atoms with van der Waals surface area (Å²) in [6.45, 7) is 6.27. The second kappa shape index (κ2) is 5.92. The van der Waals surface area contributed by atoms with Gasteiger partial charge >= 0.3 is 0 Å². The van der Waals surface area contributed by atoms with E-state index < -0.39 is 11.6 Å². The standard InChI is InChI=1S/C17H21F2N3O/c1-4-21-6-5-14(23)12-9-13(18)17(15(19)16(12)21)22-8-7-20(3)11(2)10-22/h5-6,9,11H,4,7-8,10H2,1-3H3. The van der Waals surface area contributed by atoms with Crippen molar-refractivity contribution in [1.82, 2.24) is 9.47 Å². The SMILES string of the molecule is CCn1ccc(=O)c2cc(F)c(N3CCN(C)C(C)C3)c(F)c21. The molecule has 1 aliphatic rings. The van der Waals surface area contributed by atoms with Crippen molar-refractivity contribution < 1.29 is 8.78 Å². The maximum atomic E-state index is 15.1. The third-order valence-corrected chi connectivity index (χ3v) is 4.74. The number of fused-ring (bicyclic) bond motifs is 1. The lowest BCUT2D eigenvalue weighted by atomic mass is 10.1. The lowest BCUT2D eigenvalue weighted by Gasteiger charge is -2.39. The highest BCUT2D eigenvalue weighted by atomic mass is 19.1. The van der Waals surface area contributed by atoms with Crippen LogP contribution < -0.4 is 10.3 Å². The van der Waals surface area contributed by atoms with Crippen LogP contribution in [0, 0.1) is 11.6 Å². The highest BCUT2D eigenvalue weighted by molar-refractivity contribution is 5.84. The Labute approximate surface area is 133 Å². The van der Waals surface area contributed by atoms with Gasteiger partial charge in [-0.25, -0.2) is 8.78 Å². The van der Waals surface area contributed by atoms with E-state index in [1.54, 1.807) is 15.7 Å². The van der Waals surface area contributed by atoms with Crippen LogP contribution in [0.4, 0.5) is 14.5 Å². The lowest BCUT2D eigenvalue weighted by Crippen LogP contribution is -2.50. The third-order valence-electron chi connectivity index (χ3n) is 4.74. The Bertz CT molecular complexity index is 803. The Morgan fingerprint density at radius 3 is 2.70 bits per heavy atom. The molecule has 1 unspecified atom stereocenters. The number of piperazine rings is 1. The second-order valence-corrected chi connectivity index (χ2v) is 6.16. The van der Waals surface area contributed by atoms with Gasteiger partial charge in [0.2, 0.25) is 0 Å². The van der Waals surface area contributed by atoms with Gasteiger partial charge in [-0.05, 0) is 27.0 Å². The van der Waals surface area contributed by atoms with Crippen LogP contribution in [0.25, 0.3) is 10.9 Å². The average Bonchev–Trinajstić information content (AvgIpc) is 2.52. The molecule has 0 amide bonds. The van der Waals surface area contributed by atoms with Gasteiger partial charge in [-0.1, -0.05) is 0 Å². The summed E-state index contributed by atoms with van der Waals surface area (Å²) in [5.74, 6) is -1.31. The number of hydrogen-bond donors (Lipinski definition) is 0. The van der Waals surface area contributed by atoms with E-state index in [1.807, 2.05) is 20.9 Å². The van der Waals surface area contributed by atoms with Gasteiger partial charge < -0.3 is 14.4 Å². The predicted octanol–water partition coefficient (Wildman–Crippen LogP) is 2.44. The van der Waals surface area contributed by atoms with E-state index in [9.17, 15) is 9.18 Å². The quantitative estimate of drug-likeness (QED) is 0.850. The van der Waals surface area contributed by atoms with Gasteiger partial charge in [-0.15, -0.1) is 0 Å². The number of nitrogens with zero attached hydrogens (tertiary/aromatic N) is 3. The maximum Gasteiger partial charge on any atom is 0.189 e. The molecule has 0 saturated carbocycles. The number of rotatable bonds is 2. The minimum absolute atomic E-state index is 0.0229. The molecule has 1 atom stereocenters. The molecule has 1 fully saturated rings. The fourth-order valence-corrected chi connectivity index (χ4v) is 3.19. The number of halogens is 2. The zero-order chi connectivity index (χ0) is 16.7. The molecule has 4 nitrogen and oxygen atoms in total. The van der Waals surface area contributed by atoms with Gasteiger partial charge in [0.1, 0.15) is 11.5 Å². The number of aryl methyl sites for hydroxylation is 1. The second-order valence-electron chi connectivity index (χ2n) is 6.16. The van der Waals surface area contributed by atoms with Crippen LogP contribution in [-0.2, 0) is 6.54 Å². The van der Waals surface area contributed by atoms with E-state index in [-0.39, 0.29) is 28.1 Å². The van der Waals surface area contributed by atoms with Crippen molar-refractivity contribution in [2.45, 2.75) is 26.4 Å². The summed E-state index contributed by atoms with van der Waals surface area (Å²) in [7, 11) is 2.00. The fourth-order valence-electron chi connectivity index (χ4n) is 3.19. The van der Waals surface area contributed by atoms with Crippen molar-refractivity contribution >= 4 is 16.6 Å². The molecule has 0 aliphatic carbocycles. The molecular formula is C17H21F2N3O. The molecule has 1 saturated heterocycles. The molecule has 23 heavy (non-hydrogen) atoms. The summed E-state index contributed by atoms with van der Waals surface area (Å²) >= 11 is 0. The first-order valence-corrected chi connectivity index (χ1v) is 7.90. The molecule has 3 rings (SSSR count). The van der Waals surface area contributed by atoms with Crippen molar-refractivity contribution in [1.29, 1.82) is 0 Å². The molecule has 1 aliphatic heterocycles. The molecule has 0 N–H and O–H groups in total. The normalized spacial score (nSPS) is 19.5. The number of likely N-dealkylation sites (N-methyl/N-ethyl adjacent to an activating group) is 1. The molecular weight excluding hydrogens is 300 g/mol. The summed E-state index contributed by atoms with van der Waals surface area (Å²) in [6.07, 6.45) is 1.56. The monoisotopic (exact) mass is 321 g/mol. The summed E-state index contributed by atoms with van der Waals surface area (Å²) in [4.78, 5) is 15.9. The van der Waals surface area contributed by atoms with E-state index in [2.05, 4.69) is 4.90 Å². The van der Waals surface area contributed by atoms with Crippen LogP contribution in [-0.4, -0.2) is 42.2 Å². The Kier molecular flexibility index (Phi) is 4.10. The molecule has 124 valence electrons. The minimum Gasteiger partial charge on any atom is -0.364 e. The van der Waals surface area contributed by atoms with Crippen molar-refractivity contribution in [3.05, 3.63) is 40.2 Å². The van der Waals surface area contributed by atoms with E-state index in [1.165, 1.54) is 12.1 Å².